The van der Waals surface area contributed by atoms with Gasteiger partial charge in [-0.15, -0.1) is 3.89 Å². The molecule has 0 aromatic heterocycles. The lowest BCUT2D eigenvalue weighted by molar-refractivity contribution is -0.146. The number of rotatable bonds is 4. The molecular formula is C13H15F4NOS. The monoisotopic (exact) mass is 309 g/mol. The number of alkyl halides is 3. The van der Waals surface area contributed by atoms with Crippen LogP contribution in [0.25, 0.3) is 0 Å². The Morgan fingerprint density at radius 2 is 2.00 bits per heavy atom. The van der Waals surface area contributed by atoms with Crippen LogP contribution in [-0.2, 0) is 4.79 Å². The van der Waals surface area contributed by atoms with Crippen molar-refractivity contribution in [3.63, 3.8) is 0 Å². The van der Waals surface area contributed by atoms with Gasteiger partial charge in [0.1, 0.15) is 0 Å². The van der Waals surface area contributed by atoms with Gasteiger partial charge in [-0.2, -0.15) is 13.2 Å². The van der Waals surface area contributed by atoms with E-state index in [1.165, 1.54) is 19.1 Å². The topological polar surface area (TPSA) is 20.3 Å². The molecule has 0 fully saturated rings. The van der Waals surface area contributed by atoms with Gasteiger partial charge in [-0.3, -0.25) is 4.79 Å². The van der Waals surface area contributed by atoms with E-state index in [1.54, 1.807) is 13.0 Å². The second-order valence-corrected chi connectivity index (χ2v) is 4.94. The minimum atomic E-state index is -4.45. The average molecular weight is 309 g/mol. The Kier molecular flexibility index (Phi) is 5.44. The average Bonchev–Trinajstić information content (AvgIpc) is 2.38. The first-order valence-corrected chi connectivity index (χ1v) is 6.68. The van der Waals surface area contributed by atoms with E-state index < -0.39 is 18.0 Å². The van der Waals surface area contributed by atoms with Gasteiger partial charge in [-0.05, 0) is 25.5 Å². The fourth-order valence-corrected chi connectivity index (χ4v) is 2.18. The molecule has 0 radical (unpaired) electrons. The molecule has 0 bridgehead atoms. The van der Waals surface area contributed by atoms with E-state index in [4.69, 9.17) is 0 Å². The Morgan fingerprint density at radius 3 is 2.45 bits per heavy atom. The van der Waals surface area contributed by atoms with Gasteiger partial charge < -0.3 is 0 Å². The van der Waals surface area contributed by atoms with E-state index in [0.29, 0.717) is 9.87 Å². The Bertz CT molecular complexity index is 490. The fraction of sp³-hybridized carbons (Fsp3) is 0.462. The molecule has 0 saturated carbocycles. The molecule has 0 N–H and O–H groups in total. The van der Waals surface area contributed by atoms with E-state index in [2.05, 4.69) is 0 Å². The summed E-state index contributed by atoms with van der Waals surface area (Å²) in [4.78, 5) is 11.6. The summed E-state index contributed by atoms with van der Waals surface area (Å²) in [5.74, 6) is -2.37. The number of carbonyl (C=O) groups is 1. The maximum Gasteiger partial charge on any atom is 0.395 e. The molecule has 0 aliphatic carbocycles. The van der Waals surface area contributed by atoms with E-state index in [-0.39, 0.29) is 30.0 Å². The fourth-order valence-electron chi connectivity index (χ4n) is 1.74. The van der Waals surface area contributed by atoms with Crippen LogP contribution in [0.3, 0.4) is 0 Å². The zero-order valence-corrected chi connectivity index (χ0v) is 12.1. The molecule has 1 aromatic rings. The first-order chi connectivity index (χ1) is 9.22. The Labute approximate surface area is 119 Å². The lowest BCUT2D eigenvalue weighted by Crippen LogP contribution is -2.26. The number of hydrogen-bond donors (Lipinski definition) is 0. The van der Waals surface area contributed by atoms with Crippen LogP contribution in [-0.4, -0.2) is 12.1 Å². The minimum absolute atomic E-state index is 0.00460. The maximum absolute atomic E-state index is 13.0. The molecule has 1 aromatic carbocycles. The van der Waals surface area contributed by atoms with Crippen molar-refractivity contribution >= 4 is 23.9 Å². The summed E-state index contributed by atoms with van der Waals surface area (Å²) >= 11 is -0.380. The molecule has 7 heteroatoms. The summed E-state index contributed by atoms with van der Waals surface area (Å²) in [5, 5.41) is 0. The molecule has 112 valence electrons. The van der Waals surface area contributed by atoms with Crippen molar-refractivity contribution in [2.24, 2.45) is 0 Å². The van der Waals surface area contributed by atoms with Crippen LogP contribution in [0.4, 0.5) is 22.7 Å². The number of halogens is 4. The van der Waals surface area contributed by atoms with E-state index in [9.17, 15) is 21.9 Å². The maximum atomic E-state index is 13.0. The van der Waals surface area contributed by atoms with Crippen LogP contribution in [0.1, 0.15) is 37.3 Å². The first kappa shape index (κ1) is 16.8. The number of hydrogen-bond acceptors (Lipinski definition) is 2. The third kappa shape index (κ3) is 3.65. The van der Waals surface area contributed by atoms with Gasteiger partial charge in [0.2, 0.25) is 5.91 Å². The second-order valence-electron chi connectivity index (χ2n) is 4.44. The molecule has 0 saturated heterocycles. The van der Waals surface area contributed by atoms with E-state index in [0.717, 1.165) is 6.92 Å². The van der Waals surface area contributed by atoms with Crippen molar-refractivity contribution < 1.29 is 21.9 Å². The van der Waals surface area contributed by atoms with Crippen molar-refractivity contribution in [1.82, 2.24) is 0 Å². The largest absolute Gasteiger partial charge is 0.395 e. The van der Waals surface area contributed by atoms with Crippen molar-refractivity contribution in [2.45, 2.75) is 39.3 Å². The summed E-state index contributed by atoms with van der Waals surface area (Å²) in [7, 11) is 0. The number of nitrogens with zero attached hydrogens (tertiary/aromatic N) is 1. The van der Waals surface area contributed by atoms with Crippen molar-refractivity contribution in [3.8, 4) is 0 Å². The van der Waals surface area contributed by atoms with Crippen LogP contribution in [0.5, 0.6) is 0 Å². The Hall–Kier alpha value is -1.24. The Balaban J connectivity index is 3.36. The van der Waals surface area contributed by atoms with Crippen molar-refractivity contribution in [2.75, 3.05) is 4.31 Å². The normalized spacial score (nSPS) is 13.2. The molecule has 20 heavy (non-hydrogen) atoms. The molecule has 1 rings (SSSR count). The zero-order chi connectivity index (χ0) is 15.5. The van der Waals surface area contributed by atoms with Gasteiger partial charge in [0.25, 0.3) is 0 Å². The lowest BCUT2D eigenvalue weighted by Gasteiger charge is -2.24. The minimum Gasteiger partial charge on any atom is -0.274 e. The number of carbonyl (C=O) groups excluding carboxylic acids is 1. The number of benzene rings is 1. The molecule has 1 amide bonds. The van der Waals surface area contributed by atoms with Crippen molar-refractivity contribution in [1.29, 1.82) is 0 Å². The van der Waals surface area contributed by atoms with Crippen LogP contribution in [0, 0.1) is 6.92 Å². The third-order valence-corrected chi connectivity index (χ3v) is 3.50. The summed E-state index contributed by atoms with van der Waals surface area (Å²) < 4.78 is 52.3. The van der Waals surface area contributed by atoms with E-state index >= 15 is 0 Å². The molecule has 0 heterocycles. The molecule has 1 unspecified atom stereocenters. The summed E-state index contributed by atoms with van der Waals surface area (Å²) in [6, 6.07) is 4.22. The quantitative estimate of drug-likeness (QED) is 0.580. The van der Waals surface area contributed by atoms with Crippen LogP contribution >= 0.6 is 12.3 Å². The van der Waals surface area contributed by atoms with Crippen LogP contribution < -0.4 is 4.31 Å². The standard InChI is InChI=1S/C13H15F4NOS/c1-4-12(19)18(20-17)11-6-5-8(2)7-10(11)9(3)13(14,15)16/h5-7,9H,4H2,1-3H3. The molecule has 0 spiro atoms. The van der Waals surface area contributed by atoms with Gasteiger partial charge in [0.05, 0.1) is 11.6 Å². The predicted octanol–water partition coefficient (Wildman–Crippen LogP) is 4.94. The summed E-state index contributed by atoms with van der Waals surface area (Å²) in [6.07, 6.45) is -4.45. The molecule has 0 aliphatic heterocycles. The van der Waals surface area contributed by atoms with Gasteiger partial charge in [0, 0.05) is 6.42 Å². The smallest absolute Gasteiger partial charge is 0.274 e. The number of amides is 1. The molecular weight excluding hydrogens is 294 g/mol. The zero-order valence-electron chi connectivity index (χ0n) is 11.3. The Morgan fingerprint density at radius 1 is 1.40 bits per heavy atom. The van der Waals surface area contributed by atoms with Gasteiger partial charge in [-0.1, -0.05) is 24.6 Å². The number of anilines is 1. The summed E-state index contributed by atoms with van der Waals surface area (Å²) in [6.45, 7) is 4.16. The first-order valence-electron chi connectivity index (χ1n) is 6.01. The number of aryl methyl sites for hydroxylation is 1. The van der Waals surface area contributed by atoms with Gasteiger partial charge in [0.15, 0.2) is 12.3 Å². The lowest BCUT2D eigenvalue weighted by atomic mass is 9.96. The molecule has 2 nitrogen and oxygen atoms in total. The molecule has 1 atom stereocenters. The van der Waals surface area contributed by atoms with Crippen LogP contribution in [0.15, 0.2) is 18.2 Å². The molecule has 0 aliphatic rings. The highest BCUT2D eigenvalue weighted by molar-refractivity contribution is 7.96. The van der Waals surface area contributed by atoms with Crippen molar-refractivity contribution in [3.05, 3.63) is 29.3 Å². The SMILES string of the molecule is CCC(=O)N(SF)c1ccc(C)cc1C(C)C(F)(F)F. The third-order valence-electron chi connectivity index (χ3n) is 2.96. The summed E-state index contributed by atoms with van der Waals surface area (Å²) in [5.41, 5.74) is 0.455. The predicted molar refractivity (Wildman–Crippen MR) is 72.1 cm³/mol. The van der Waals surface area contributed by atoms with Gasteiger partial charge >= 0.3 is 6.18 Å². The van der Waals surface area contributed by atoms with Crippen LogP contribution in [0.2, 0.25) is 0 Å². The van der Waals surface area contributed by atoms with E-state index in [1.807, 2.05) is 0 Å². The second kappa shape index (κ2) is 6.47. The highest BCUT2D eigenvalue weighted by Crippen LogP contribution is 2.41. The van der Waals surface area contributed by atoms with Gasteiger partial charge in [-0.25, -0.2) is 4.31 Å². The highest BCUT2D eigenvalue weighted by atomic mass is 32.2. The highest BCUT2D eigenvalue weighted by Gasteiger charge is 2.39.